The molecule has 0 aliphatic carbocycles. The largest absolute Gasteiger partial charge is 0.372 e. The molecule has 0 atom stereocenters. The van der Waals surface area contributed by atoms with E-state index in [-0.39, 0.29) is 24.2 Å². The molecule has 1 heterocycles. The lowest BCUT2D eigenvalue weighted by Gasteiger charge is -2.14. The zero-order valence-electron chi connectivity index (χ0n) is 20.0. The Morgan fingerprint density at radius 2 is 1.85 bits per heavy atom. The summed E-state index contributed by atoms with van der Waals surface area (Å²) in [4.78, 5) is 36.1. The number of hydrogen-bond donors (Lipinski definition) is 3. The Hall–Kier alpha value is -3.79. The van der Waals surface area contributed by atoms with Gasteiger partial charge in [0.1, 0.15) is 11.6 Å². The van der Waals surface area contributed by atoms with Crippen LogP contribution < -0.4 is 16.0 Å². The van der Waals surface area contributed by atoms with Gasteiger partial charge >= 0.3 is 0 Å². The number of aromatic nitrogens is 2. The first kappa shape index (κ1) is 26.5. The summed E-state index contributed by atoms with van der Waals surface area (Å²) in [6, 6.07) is 5.93. The summed E-state index contributed by atoms with van der Waals surface area (Å²) in [5.74, 6) is 0.264. The minimum Gasteiger partial charge on any atom is -0.372 e. The van der Waals surface area contributed by atoms with Crippen LogP contribution in [0.3, 0.4) is 0 Å². The third-order valence-corrected chi connectivity index (χ3v) is 4.57. The van der Waals surface area contributed by atoms with Crippen molar-refractivity contribution in [1.82, 2.24) is 25.1 Å². The maximum atomic E-state index is 13.0. The number of nitrogens with one attached hydrogen (secondary N) is 3. The highest BCUT2D eigenvalue weighted by Gasteiger charge is 2.10. The number of hydrogen-bond acceptors (Lipinski definition) is 7. The number of carbonyl (C=O) groups excluding carboxylic acids is 2. The van der Waals surface area contributed by atoms with Gasteiger partial charge < -0.3 is 25.8 Å². The second kappa shape index (κ2) is 13.7. The molecule has 3 N–H and O–H groups in total. The van der Waals surface area contributed by atoms with Gasteiger partial charge in [0, 0.05) is 50.7 Å². The molecule has 1 aromatic carbocycles. The summed E-state index contributed by atoms with van der Waals surface area (Å²) in [6.45, 7) is 1.09. The predicted octanol–water partition coefficient (Wildman–Crippen LogP) is 2.50. The van der Waals surface area contributed by atoms with Gasteiger partial charge in [-0.05, 0) is 44.8 Å². The lowest BCUT2D eigenvalue weighted by atomic mass is 10.2. The highest BCUT2D eigenvalue weighted by Crippen LogP contribution is 2.18. The number of carbonyl (C=O) groups is 2. The van der Waals surface area contributed by atoms with Crippen LogP contribution in [0.4, 0.5) is 21.8 Å². The maximum absolute atomic E-state index is 13.0. The average Bonchev–Trinajstić information content (AvgIpc) is 2.80. The van der Waals surface area contributed by atoms with Gasteiger partial charge in [-0.3, -0.25) is 9.59 Å². The lowest BCUT2D eigenvalue weighted by molar-refractivity contribution is -0.131. The Balaban J connectivity index is 1.79. The van der Waals surface area contributed by atoms with Crippen molar-refractivity contribution < 1.29 is 14.0 Å². The van der Waals surface area contributed by atoms with Crippen LogP contribution in [0.5, 0.6) is 0 Å². The predicted molar refractivity (Wildman–Crippen MR) is 133 cm³/mol. The Morgan fingerprint density at radius 3 is 2.53 bits per heavy atom. The van der Waals surface area contributed by atoms with E-state index in [9.17, 15) is 14.0 Å². The molecule has 0 spiro atoms. The molecular weight excluding hydrogens is 437 g/mol. The number of nitrogens with zero attached hydrogens (tertiary/aromatic N) is 4. The fourth-order valence-corrected chi connectivity index (χ4v) is 2.78. The Bertz CT molecular complexity index is 1010. The van der Waals surface area contributed by atoms with Gasteiger partial charge in [0.2, 0.25) is 17.8 Å². The molecule has 0 fully saturated rings. The van der Waals surface area contributed by atoms with E-state index in [1.54, 1.807) is 38.5 Å². The summed E-state index contributed by atoms with van der Waals surface area (Å²) in [6.07, 6.45) is 9.28. The Labute approximate surface area is 199 Å². The van der Waals surface area contributed by atoms with E-state index < -0.39 is 0 Å². The third-order valence-electron chi connectivity index (χ3n) is 4.57. The van der Waals surface area contributed by atoms with Gasteiger partial charge in [-0.25, -0.2) is 9.37 Å². The van der Waals surface area contributed by atoms with Gasteiger partial charge in [-0.2, -0.15) is 4.98 Å². The molecule has 0 aliphatic rings. The van der Waals surface area contributed by atoms with Crippen molar-refractivity contribution in [3.8, 4) is 0 Å². The first-order valence-corrected chi connectivity index (χ1v) is 10.9. The van der Waals surface area contributed by atoms with Crippen molar-refractivity contribution in [3.63, 3.8) is 0 Å². The molecule has 0 aliphatic heterocycles. The highest BCUT2D eigenvalue weighted by molar-refractivity contribution is 5.91. The smallest absolute Gasteiger partial charge is 0.246 e. The van der Waals surface area contributed by atoms with Crippen LogP contribution in [-0.4, -0.2) is 79.4 Å². The van der Waals surface area contributed by atoms with E-state index in [1.165, 1.54) is 23.1 Å². The first-order valence-electron chi connectivity index (χ1n) is 10.9. The Morgan fingerprint density at radius 1 is 1.12 bits per heavy atom. The summed E-state index contributed by atoms with van der Waals surface area (Å²) in [7, 11) is 7.18. The van der Waals surface area contributed by atoms with Crippen molar-refractivity contribution in [1.29, 1.82) is 0 Å². The van der Waals surface area contributed by atoms with Crippen LogP contribution >= 0.6 is 0 Å². The summed E-state index contributed by atoms with van der Waals surface area (Å²) in [5.41, 5.74) is 1.47. The van der Waals surface area contributed by atoms with E-state index >= 15 is 0 Å². The van der Waals surface area contributed by atoms with Crippen LogP contribution in [0.15, 0.2) is 48.7 Å². The summed E-state index contributed by atoms with van der Waals surface area (Å²) >= 11 is 0. The van der Waals surface area contributed by atoms with E-state index in [0.717, 1.165) is 5.56 Å². The normalized spacial score (nSPS) is 11.2. The van der Waals surface area contributed by atoms with Crippen molar-refractivity contribution in [2.24, 2.45) is 0 Å². The third kappa shape index (κ3) is 9.37. The minimum atomic E-state index is -0.313. The van der Waals surface area contributed by atoms with Crippen LogP contribution in [-0.2, 0) is 9.59 Å². The molecule has 2 amide bonds. The second-order valence-electron chi connectivity index (χ2n) is 7.78. The summed E-state index contributed by atoms with van der Waals surface area (Å²) < 4.78 is 13.0. The SMILES string of the molecule is CNc1nc(Nc2ccc(F)cc2)ncc1C=CCCNC(=O)CN(C)C(=O)/C=C/CN(C)C. The molecule has 0 saturated heterocycles. The van der Waals surface area contributed by atoms with E-state index in [1.807, 2.05) is 31.1 Å². The Kier molecular flexibility index (Phi) is 10.7. The highest BCUT2D eigenvalue weighted by atomic mass is 19.1. The molecule has 0 bridgehead atoms. The molecule has 2 rings (SSSR count). The molecular formula is C24H32FN7O2. The fraction of sp³-hybridized carbons (Fsp3) is 0.333. The van der Waals surface area contributed by atoms with Gasteiger partial charge in [-0.15, -0.1) is 0 Å². The monoisotopic (exact) mass is 469 g/mol. The van der Waals surface area contributed by atoms with Crippen LogP contribution in [0, 0.1) is 5.82 Å². The van der Waals surface area contributed by atoms with Crippen LogP contribution in [0.1, 0.15) is 12.0 Å². The van der Waals surface area contributed by atoms with Crippen LogP contribution in [0.2, 0.25) is 0 Å². The molecule has 2 aromatic rings. The average molecular weight is 470 g/mol. The lowest BCUT2D eigenvalue weighted by Crippen LogP contribution is -2.38. The van der Waals surface area contributed by atoms with Crippen molar-refractivity contribution >= 4 is 35.3 Å². The standard InChI is InChI=1S/C24H32FN7O2/c1-26-23-18(16-28-24(30-23)29-20-12-10-19(25)11-13-20)8-5-6-14-27-21(33)17-32(4)22(34)9-7-15-31(2)3/h5,7-13,16H,6,14-15,17H2,1-4H3,(H,27,33)(H2,26,28,29,30)/b8-5?,9-7+. The number of anilines is 3. The molecule has 34 heavy (non-hydrogen) atoms. The van der Waals surface area contributed by atoms with E-state index in [2.05, 4.69) is 25.9 Å². The first-order chi connectivity index (χ1) is 16.3. The number of likely N-dealkylation sites (N-methyl/N-ethyl adjacent to an activating group) is 2. The van der Waals surface area contributed by atoms with Crippen LogP contribution in [0.25, 0.3) is 6.08 Å². The quantitative estimate of drug-likeness (QED) is 0.324. The number of amides is 2. The zero-order valence-corrected chi connectivity index (χ0v) is 20.0. The zero-order chi connectivity index (χ0) is 24.9. The van der Waals surface area contributed by atoms with Crippen molar-refractivity contribution in [3.05, 3.63) is 60.1 Å². The van der Waals surface area contributed by atoms with Crippen molar-refractivity contribution in [2.45, 2.75) is 6.42 Å². The number of benzene rings is 1. The molecule has 10 heteroatoms. The molecule has 182 valence electrons. The molecule has 9 nitrogen and oxygen atoms in total. The fourth-order valence-electron chi connectivity index (χ4n) is 2.78. The van der Waals surface area contributed by atoms with Gasteiger partial charge in [-0.1, -0.05) is 18.2 Å². The molecule has 0 saturated carbocycles. The van der Waals surface area contributed by atoms with Gasteiger partial charge in [0.05, 0.1) is 6.54 Å². The number of halogens is 1. The minimum absolute atomic E-state index is 0.00485. The van der Waals surface area contributed by atoms with E-state index in [0.29, 0.717) is 37.0 Å². The second-order valence-corrected chi connectivity index (χ2v) is 7.78. The number of rotatable bonds is 12. The van der Waals surface area contributed by atoms with Crippen molar-refractivity contribution in [2.75, 3.05) is 58.5 Å². The molecule has 0 radical (unpaired) electrons. The van der Waals surface area contributed by atoms with E-state index in [4.69, 9.17) is 0 Å². The molecule has 0 unspecified atom stereocenters. The maximum Gasteiger partial charge on any atom is 0.246 e. The topological polar surface area (TPSA) is 102 Å². The van der Waals surface area contributed by atoms with Gasteiger partial charge in [0.15, 0.2) is 0 Å². The molecule has 1 aromatic heterocycles. The summed E-state index contributed by atoms with van der Waals surface area (Å²) in [5, 5.41) is 8.85. The van der Waals surface area contributed by atoms with Gasteiger partial charge in [0.25, 0.3) is 0 Å².